The van der Waals surface area contributed by atoms with E-state index in [4.69, 9.17) is 9.98 Å². The maximum absolute atomic E-state index is 5.14. The standard InChI is InChI=1S/C36H26N4S/c1-4-10-24(11-5-1)33-38-34(25-12-6-2-7-13-25)40-35(39-33)28-18-20-29-27(22-28)17-16-23-19-21-30-32(31(23)29)37-36(41-30)26-14-8-3-9-15-26/h1-22,33,35,39H,(H,38,40). The van der Waals surface area contributed by atoms with Gasteiger partial charge in [-0.15, -0.1) is 11.3 Å². The molecule has 2 atom stereocenters. The molecule has 0 aliphatic carbocycles. The van der Waals surface area contributed by atoms with Crippen LogP contribution in [0.5, 0.6) is 0 Å². The average molecular weight is 547 g/mol. The van der Waals surface area contributed by atoms with Crippen molar-refractivity contribution in [3.8, 4) is 10.6 Å². The second kappa shape index (κ2) is 9.97. The minimum atomic E-state index is -0.198. The molecule has 2 N–H and O–H groups in total. The largest absolute Gasteiger partial charge is 0.350 e. The van der Waals surface area contributed by atoms with Gasteiger partial charge in [-0.3, -0.25) is 5.32 Å². The smallest absolute Gasteiger partial charge is 0.131 e. The molecule has 0 saturated heterocycles. The minimum Gasteiger partial charge on any atom is -0.350 e. The normalized spacial score (nSPS) is 17.0. The molecule has 0 amide bonds. The Hall–Kier alpha value is -4.84. The van der Waals surface area contributed by atoms with Crippen molar-refractivity contribution in [1.82, 2.24) is 15.6 Å². The van der Waals surface area contributed by atoms with Crippen LogP contribution in [0.1, 0.15) is 29.0 Å². The number of rotatable bonds is 4. The first-order chi connectivity index (χ1) is 20.3. The highest BCUT2D eigenvalue weighted by Gasteiger charge is 2.25. The van der Waals surface area contributed by atoms with E-state index in [0.717, 1.165) is 33.1 Å². The number of fused-ring (bicyclic) bond motifs is 5. The van der Waals surface area contributed by atoms with E-state index in [0.29, 0.717) is 0 Å². The Labute approximate surface area is 242 Å². The summed E-state index contributed by atoms with van der Waals surface area (Å²) >= 11 is 1.75. The summed E-state index contributed by atoms with van der Waals surface area (Å²) in [5.74, 6) is 0.888. The molecule has 0 fully saturated rings. The van der Waals surface area contributed by atoms with Crippen LogP contribution >= 0.6 is 11.3 Å². The van der Waals surface area contributed by atoms with Gasteiger partial charge in [-0.25, -0.2) is 9.98 Å². The number of aliphatic imine (C=N–C) groups is 1. The van der Waals surface area contributed by atoms with Crippen molar-refractivity contribution >= 4 is 48.9 Å². The summed E-state index contributed by atoms with van der Waals surface area (Å²) in [7, 11) is 0. The molecule has 5 heteroatoms. The summed E-state index contributed by atoms with van der Waals surface area (Å²) in [6, 6.07) is 46.8. The van der Waals surface area contributed by atoms with Gasteiger partial charge in [-0.1, -0.05) is 121 Å². The van der Waals surface area contributed by atoms with Crippen LogP contribution < -0.4 is 10.6 Å². The quantitative estimate of drug-likeness (QED) is 0.217. The van der Waals surface area contributed by atoms with Crippen LogP contribution in [-0.2, 0) is 0 Å². The maximum Gasteiger partial charge on any atom is 0.131 e. The van der Waals surface area contributed by atoms with Gasteiger partial charge in [0.25, 0.3) is 0 Å². The van der Waals surface area contributed by atoms with Crippen LogP contribution in [0.25, 0.3) is 42.3 Å². The summed E-state index contributed by atoms with van der Waals surface area (Å²) in [6.07, 6.45) is -0.260. The molecule has 0 saturated carbocycles. The number of amidine groups is 1. The van der Waals surface area contributed by atoms with Gasteiger partial charge in [0, 0.05) is 16.5 Å². The Morgan fingerprint density at radius 2 is 1.29 bits per heavy atom. The van der Waals surface area contributed by atoms with Crippen molar-refractivity contribution in [1.29, 1.82) is 0 Å². The predicted octanol–water partition coefficient (Wildman–Crippen LogP) is 8.61. The monoisotopic (exact) mass is 546 g/mol. The van der Waals surface area contributed by atoms with Crippen LogP contribution in [0.15, 0.2) is 138 Å². The summed E-state index contributed by atoms with van der Waals surface area (Å²) < 4.78 is 1.20. The molecule has 7 aromatic rings. The van der Waals surface area contributed by atoms with Crippen LogP contribution in [-0.4, -0.2) is 10.8 Å². The molecule has 196 valence electrons. The molecule has 6 aromatic carbocycles. The molecule has 8 rings (SSSR count). The highest BCUT2D eigenvalue weighted by atomic mass is 32.1. The number of nitrogens with one attached hydrogen (secondary N) is 2. The third-order valence-electron chi connectivity index (χ3n) is 7.76. The van der Waals surface area contributed by atoms with Gasteiger partial charge < -0.3 is 5.32 Å². The SMILES string of the molecule is c1ccc(C2=NC(c3ccc4c(ccc5ccc6sc(-c7ccccc7)nc6c54)c3)NC(c3ccccc3)N2)cc1. The Balaban J connectivity index is 1.25. The highest BCUT2D eigenvalue weighted by molar-refractivity contribution is 7.21. The van der Waals surface area contributed by atoms with Crippen molar-refractivity contribution in [2.75, 3.05) is 0 Å². The molecule has 0 radical (unpaired) electrons. The van der Waals surface area contributed by atoms with Crippen molar-refractivity contribution in [2.24, 2.45) is 4.99 Å². The Bertz CT molecular complexity index is 2050. The zero-order valence-corrected chi connectivity index (χ0v) is 23.0. The van der Waals surface area contributed by atoms with Crippen LogP contribution in [0.2, 0.25) is 0 Å². The first-order valence-corrected chi connectivity index (χ1v) is 14.6. The Morgan fingerprint density at radius 1 is 0.610 bits per heavy atom. The van der Waals surface area contributed by atoms with Crippen molar-refractivity contribution in [2.45, 2.75) is 12.3 Å². The van der Waals surface area contributed by atoms with E-state index >= 15 is 0 Å². The van der Waals surface area contributed by atoms with Crippen molar-refractivity contribution < 1.29 is 0 Å². The van der Waals surface area contributed by atoms with Gasteiger partial charge in [0.15, 0.2) is 0 Å². The molecule has 1 aliphatic heterocycles. The van der Waals surface area contributed by atoms with E-state index in [1.54, 1.807) is 11.3 Å². The van der Waals surface area contributed by atoms with Gasteiger partial charge in [-0.2, -0.15) is 0 Å². The van der Waals surface area contributed by atoms with E-state index in [2.05, 4.69) is 126 Å². The number of hydrogen-bond donors (Lipinski definition) is 2. The van der Waals surface area contributed by atoms with Gasteiger partial charge in [0.2, 0.25) is 0 Å². The number of benzene rings is 6. The summed E-state index contributed by atoms with van der Waals surface area (Å²) in [4.78, 5) is 10.3. The molecule has 0 bridgehead atoms. The van der Waals surface area contributed by atoms with Crippen LogP contribution in [0.4, 0.5) is 0 Å². The fraction of sp³-hybridized carbons (Fsp3) is 0.0556. The van der Waals surface area contributed by atoms with Gasteiger partial charge >= 0.3 is 0 Å². The second-order valence-corrected chi connectivity index (χ2v) is 11.4. The third-order valence-corrected chi connectivity index (χ3v) is 8.83. The number of aromatic nitrogens is 1. The number of hydrogen-bond acceptors (Lipinski definition) is 5. The molecule has 1 aromatic heterocycles. The minimum absolute atomic E-state index is 0.0627. The first kappa shape index (κ1) is 24.0. The van der Waals surface area contributed by atoms with Crippen LogP contribution in [0.3, 0.4) is 0 Å². The zero-order chi connectivity index (χ0) is 27.2. The summed E-state index contributed by atoms with van der Waals surface area (Å²) in [5, 5.41) is 13.2. The maximum atomic E-state index is 5.14. The molecule has 2 heterocycles. The topological polar surface area (TPSA) is 49.3 Å². The number of nitrogens with zero attached hydrogens (tertiary/aromatic N) is 2. The lowest BCUT2D eigenvalue weighted by Gasteiger charge is -2.32. The Morgan fingerprint density at radius 3 is 2.07 bits per heavy atom. The molecule has 2 unspecified atom stereocenters. The summed E-state index contributed by atoms with van der Waals surface area (Å²) in [6.45, 7) is 0. The summed E-state index contributed by atoms with van der Waals surface area (Å²) in [5.41, 5.74) is 5.60. The van der Waals surface area contributed by atoms with E-state index in [9.17, 15) is 0 Å². The third kappa shape index (κ3) is 4.36. The van der Waals surface area contributed by atoms with Gasteiger partial charge in [-0.05, 0) is 39.4 Å². The fourth-order valence-corrected chi connectivity index (χ4v) is 6.70. The second-order valence-electron chi connectivity index (χ2n) is 10.3. The molecule has 4 nitrogen and oxygen atoms in total. The van der Waals surface area contributed by atoms with E-state index in [1.165, 1.54) is 31.8 Å². The first-order valence-electron chi connectivity index (χ1n) is 13.8. The van der Waals surface area contributed by atoms with E-state index in [-0.39, 0.29) is 12.3 Å². The fourth-order valence-electron chi connectivity index (χ4n) is 5.72. The van der Waals surface area contributed by atoms with Crippen LogP contribution in [0, 0.1) is 0 Å². The lowest BCUT2D eigenvalue weighted by Crippen LogP contribution is -2.44. The zero-order valence-electron chi connectivity index (χ0n) is 22.2. The lowest BCUT2D eigenvalue weighted by molar-refractivity contribution is 0.409. The predicted molar refractivity (Wildman–Crippen MR) is 171 cm³/mol. The van der Waals surface area contributed by atoms with Gasteiger partial charge in [0.05, 0.1) is 10.2 Å². The highest BCUT2D eigenvalue weighted by Crippen LogP contribution is 2.38. The molecular formula is C36H26N4S. The van der Waals surface area contributed by atoms with Crippen molar-refractivity contribution in [3.63, 3.8) is 0 Å². The molecule has 0 spiro atoms. The van der Waals surface area contributed by atoms with E-state index in [1.807, 2.05) is 18.2 Å². The van der Waals surface area contributed by atoms with Crippen molar-refractivity contribution in [3.05, 3.63) is 150 Å². The van der Waals surface area contributed by atoms with Gasteiger partial charge in [0.1, 0.15) is 23.2 Å². The molecular weight excluding hydrogens is 520 g/mol. The molecule has 1 aliphatic rings. The Kier molecular flexibility index (Phi) is 5.83. The lowest BCUT2D eigenvalue weighted by atomic mass is 9.98. The average Bonchev–Trinajstić information content (AvgIpc) is 3.50. The van der Waals surface area contributed by atoms with E-state index < -0.39 is 0 Å². The molecule has 41 heavy (non-hydrogen) atoms. The number of thiazole rings is 1.